The minimum atomic E-state index is 0.252. The van der Waals surface area contributed by atoms with E-state index in [2.05, 4.69) is 65.4 Å². The molecule has 1 aliphatic carbocycles. The third kappa shape index (κ3) is 6.01. The number of aromatic amines is 1. The van der Waals surface area contributed by atoms with Crippen LogP contribution in [-0.2, 0) is 11.2 Å². The number of hydrogen-bond acceptors (Lipinski definition) is 5. The minimum Gasteiger partial charge on any atom is -0.493 e. The van der Waals surface area contributed by atoms with Gasteiger partial charge in [0.15, 0.2) is 11.5 Å². The number of hydrogen-bond donors (Lipinski definition) is 2. The van der Waals surface area contributed by atoms with Gasteiger partial charge in [0.25, 0.3) is 0 Å². The van der Waals surface area contributed by atoms with Gasteiger partial charge in [-0.2, -0.15) is 0 Å². The highest BCUT2D eigenvalue weighted by atomic mass is 16.5. The summed E-state index contributed by atoms with van der Waals surface area (Å²) in [6, 6.07) is 14.1. The molecule has 1 amide bonds. The summed E-state index contributed by atoms with van der Waals surface area (Å²) < 4.78 is 11.0. The third-order valence-corrected chi connectivity index (χ3v) is 9.24. The Hall–Kier alpha value is -3.03. The van der Waals surface area contributed by atoms with E-state index in [0.717, 1.165) is 73.5 Å². The van der Waals surface area contributed by atoms with Crippen molar-refractivity contribution in [3.8, 4) is 22.8 Å². The van der Waals surface area contributed by atoms with Gasteiger partial charge in [0.05, 0.1) is 20.8 Å². The van der Waals surface area contributed by atoms with Crippen LogP contribution in [0.15, 0.2) is 36.4 Å². The Morgan fingerprint density at radius 1 is 0.975 bits per heavy atom. The second kappa shape index (κ2) is 12.6. The average Bonchev–Trinajstić information content (AvgIpc) is 3.37. The van der Waals surface area contributed by atoms with E-state index in [1.54, 1.807) is 14.2 Å². The molecule has 0 bridgehead atoms. The smallest absolute Gasteiger partial charge is 0.236 e. The molecule has 5 rings (SSSR count). The number of piperidine rings is 1. The van der Waals surface area contributed by atoms with Crippen molar-refractivity contribution in [2.75, 3.05) is 47.9 Å². The number of carbonyl (C=O) groups is 1. The lowest BCUT2D eigenvalue weighted by Gasteiger charge is -2.35. The zero-order valence-corrected chi connectivity index (χ0v) is 24.9. The van der Waals surface area contributed by atoms with Crippen LogP contribution in [0, 0.1) is 0 Å². The number of rotatable bonds is 9. The van der Waals surface area contributed by atoms with E-state index in [1.807, 2.05) is 12.1 Å². The van der Waals surface area contributed by atoms with Gasteiger partial charge in [0.1, 0.15) is 0 Å². The number of ether oxygens (including phenoxy) is 2. The van der Waals surface area contributed by atoms with E-state index in [4.69, 9.17) is 9.47 Å². The number of carbonyl (C=O) groups excluding carboxylic acids is 1. The van der Waals surface area contributed by atoms with Crippen molar-refractivity contribution in [1.82, 2.24) is 20.1 Å². The Morgan fingerprint density at radius 3 is 2.35 bits per heavy atom. The Morgan fingerprint density at radius 2 is 1.70 bits per heavy atom. The molecule has 2 aromatic carbocycles. The van der Waals surface area contributed by atoms with Crippen LogP contribution in [0.3, 0.4) is 0 Å². The Labute approximate surface area is 239 Å². The van der Waals surface area contributed by atoms with Gasteiger partial charge in [-0.1, -0.05) is 13.0 Å². The summed E-state index contributed by atoms with van der Waals surface area (Å²) in [6.45, 7) is 4.35. The molecule has 3 aromatic rings. The average molecular weight is 547 g/mol. The zero-order chi connectivity index (χ0) is 28.2. The molecule has 0 atom stereocenters. The molecule has 0 radical (unpaired) electrons. The molecule has 2 fully saturated rings. The van der Waals surface area contributed by atoms with Gasteiger partial charge >= 0.3 is 0 Å². The predicted octanol–water partition coefficient (Wildman–Crippen LogP) is 5.58. The monoisotopic (exact) mass is 546 g/mol. The minimum absolute atomic E-state index is 0.252. The van der Waals surface area contributed by atoms with Crippen LogP contribution in [-0.4, -0.2) is 80.7 Å². The first kappa shape index (κ1) is 28.5. The Kier molecular flexibility index (Phi) is 9.01. The molecule has 1 saturated heterocycles. The van der Waals surface area contributed by atoms with Crippen molar-refractivity contribution in [1.29, 1.82) is 0 Å². The number of aromatic nitrogens is 1. The van der Waals surface area contributed by atoms with Crippen LogP contribution >= 0.6 is 0 Å². The van der Waals surface area contributed by atoms with E-state index >= 15 is 0 Å². The van der Waals surface area contributed by atoms with E-state index in [1.165, 1.54) is 29.4 Å². The van der Waals surface area contributed by atoms with Crippen LogP contribution < -0.4 is 14.8 Å². The van der Waals surface area contributed by atoms with Crippen molar-refractivity contribution in [3.63, 3.8) is 0 Å². The first-order chi connectivity index (χ1) is 19.4. The Balaban J connectivity index is 1.21. The zero-order valence-electron chi connectivity index (χ0n) is 24.9. The summed E-state index contributed by atoms with van der Waals surface area (Å²) in [5, 5.41) is 4.84. The van der Waals surface area contributed by atoms with Crippen LogP contribution in [0.2, 0.25) is 0 Å². The van der Waals surface area contributed by atoms with E-state index < -0.39 is 0 Å². The second-order valence-electron chi connectivity index (χ2n) is 11.7. The van der Waals surface area contributed by atoms with Crippen molar-refractivity contribution >= 4 is 16.8 Å². The molecule has 2 heterocycles. The molecular weight excluding hydrogens is 500 g/mol. The number of nitrogens with one attached hydrogen (secondary N) is 2. The van der Waals surface area contributed by atoms with Crippen LogP contribution in [0.1, 0.15) is 62.5 Å². The maximum atomic E-state index is 13.0. The van der Waals surface area contributed by atoms with Crippen molar-refractivity contribution in [2.45, 2.75) is 69.9 Å². The van der Waals surface area contributed by atoms with Gasteiger partial charge in [0, 0.05) is 47.3 Å². The third-order valence-electron chi connectivity index (χ3n) is 9.24. The fraction of sp³-hybridized carbons (Fsp3) is 0.545. The molecule has 1 saturated carbocycles. The molecule has 7 heteroatoms. The molecule has 7 nitrogen and oxygen atoms in total. The lowest BCUT2D eigenvalue weighted by atomic mass is 9.88. The van der Waals surface area contributed by atoms with E-state index in [9.17, 15) is 4.79 Å². The SMILES string of the molecule is CCc1c(-c2ccc(OC)c(OC)c2)[nH]c2ccc(C3CCN(C(=O)CNC4CCC(N(C)C)CC4)CC3)cc12. The number of likely N-dealkylation sites (tertiary alicyclic amines) is 1. The van der Waals surface area contributed by atoms with Gasteiger partial charge in [-0.25, -0.2) is 0 Å². The van der Waals surface area contributed by atoms with Crippen molar-refractivity contribution in [2.24, 2.45) is 0 Å². The second-order valence-corrected chi connectivity index (χ2v) is 11.7. The number of H-pyrrole nitrogens is 1. The summed E-state index contributed by atoms with van der Waals surface area (Å²) in [5.41, 5.74) is 6.09. The number of benzene rings is 2. The number of nitrogens with zero attached hydrogens (tertiary/aromatic N) is 2. The van der Waals surface area contributed by atoms with Gasteiger partial charge in [-0.05, 0) is 106 Å². The Bertz CT molecular complexity index is 1300. The van der Waals surface area contributed by atoms with E-state index in [0.29, 0.717) is 24.5 Å². The van der Waals surface area contributed by atoms with Crippen molar-refractivity contribution in [3.05, 3.63) is 47.5 Å². The summed E-state index contributed by atoms with van der Waals surface area (Å²) in [4.78, 5) is 21.0. The van der Waals surface area contributed by atoms with Crippen LogP contribution in [0.5, 0.6) is 11.5 Å². The maximum Gasteiger partial charge on any atom is 0.236 e. The summed E-state index contributed by atoms with van der Waals surface area (Å²) >= 11 is 0. The molecule has 0 spiro atoms. The van der Waals surface area contributed by atoms with Gasteiger partial charge in [0.2, 0.25) is 5.91 Å². The first-order valence-electron chi connectivity index (χ1n) is 15.0. The van der Waals surface area contributed by atoms with Crippen molar-refractivity contribution < 1.29 is 14.3 Å². The topological polar surface area (TPSA) is 69.8 Å². The van der Waals surface area contributed by atoms with Crippen LogP contribution in [0.25, 0.3) is 22.2 Å². The normalized spacial score (nSPS) is 20.3. The fourth-order valence-electron chi connectivity index (χ4n) is 6.73. The highest BCUT2D eigenvalue weighted by Crippen LogP contribution is 2.38. The number of aryl methyl sites for hydroxylation is 1. The molecule has 1 aliphatic heterocycles. The number of fused-ring (bicyclic) bond motifs is 1. The molecular formula is C33H46N4O3. The summed E-state index contributed by atoms with van der Waals surface area (Å²) in [5.74, 6) is 2.19. The standard InChI is InChI=1S/C33H46N4O3/c1-6-27-28-19-23(7-13-29(28)35-33(27)24-8-14-30(39-4)31(20-24)40-5)22-15-17-37(18-16-22)32(38)21-34-25-9-11-26(12-10-25)36(2)3/h7-8,13-14,19-20,22,25-26,34-35H,6,9-12,15-18,21H2,1-5H3. The van der Waals surface area contributed by atoms with Crippen LogP contribution in [0.4, 0.5) is 0 Å². The quantitative estimate of drug-likeness (QED) is 0.367. The maximum absolute atomic E-state index is 13.0. The summed E-state index contributed by atoms with van der Waals surface area (Å²) in [7, 11) is 7.67. The van der Waals surface area contributed by atoms with Gasteiger partial charge in [-0.15, -0.1) is 0 Å². The molecule has 2 N–H and O–H groups in total. The van der Waals surface area contributed by atoms with E-state index in [-0.39, 0.29) is 5.91 Å². The summed E-state index contributed by atoms with van der Waals surface area (Å²) in [6.07, 6.45) is 7.71. The molecule has 216 valence electrons. The fourth-order valence-corrected chi connectivity index (χ4v) is 6.73. The first-order valence-corrected chi connectivity index (χ1v) is 15.0. The molecule has 0 unspecified atom stereocenters. The highest BCUT2D eigenvalue weighted by molar-refractivity contribution is 5.91. The molecule has 2 aliphatic rings. The largest absolute Gasteiger partial charge is 0.493 e. The number of amides is 1. The number of methoxy groups -OCH3 is 2. The lowest BCUT2D eigenvalue weighted by Crippen LogP contribution is -2.46. The van der Waals surface area contributed by atoms with Gasteiger partial charge < -0.3 is 29.6 Å². The lowest BCUT2D eigenvalue weighted by molar-refractivity contribution is -0.131. The van der Waals surface area contributed by atoms with Gasteiger partial charge in [-0.3, -0.25) is 4.79 Å². The predicted molar refractivity (Wildman–Crippen MR) is 163 cm³/mol. The molecule has 1 aromatic heterocycles. The molecule has 40 heavy (non-hydrogen) atoms. The highest BCUT2D eigenvalue weighted by Gasteiger charge is 2.26.